The van der Waals surface area contributed by atoms with Crippen molar-refractivity contribution in [2.45, 2.75) is 24.3 Å². The van der Waals surface area contributed by atoms with Crippen LogP contribution in [0.15, 0.2) is 34.2 Å². The summed E-state index contributed by atoms with van der Waals surface area (Å²) in [4.78, 5) is 42.6. The van der Waals surface area contributed by atoms with E-state index in [4.69, 9.17) is 22.1 Å². The van der Waals surface area contributed by atoms with Crippen molar-refractivity contribution in [3.63, 3.8) is 0 Å². The number of aromatic nitrogens is 2. The minimum atomic E-state index is -0.627. The van der Waals surface area contributed by atoms with Crippen LogP contribution in [-0.2, 0) is 9.53 Å². The molecule has 1 heterocycles. The molecule has 0 aliphatic heterocycles. The van der Waals surface area contributed by atoms with E-state index in [0.717, 1.165) is 11.8 Å². The number of anilines is 2. The second-order valence-electron chi connectivity index (χ2n) is 5.10. The van der Waals surface area contributed by atoms with Crippen molar-refractivity contribution in [2.24, 2.45) is 0 Å². The average Bonchev–Trinajstić information content (AvgIpc) is 2.58. The van der Waals surface area contributed by atoms with E-state index in [1.807, 2.05) is 0 Å². The Balaban J connectivity index is 2.16. The maximum absolute atomic E-state index is 12.2. The zero-order valence-corrected chi connectivity index (χ0v) is 15.6. The van der Waals surface area contributed by atoms with Crippen molar-refractivity contribution in [3.8, 4) is 0 Å². The van der Waals surface area contributed by atoms with Gasteiger partial charge in [-0.1, -0.05) is 23.4 Å². The van der Waals surface area contributed by atoms with Gasteiger partial charge in [0.25, 0.3) is 11.5 Å². The lowest BCUT2D eigenvalue weighted by Gasteiger charge is -2.11. The highest BCUT2D eigenvalue weighted by molar-refractivity contribution is 8.00. The number of nitrogens with one attached hydrogen (secondary N) is 2. The standard InChI is InChI=1S/C16H17ClN4O4S/c1-3-25-15(24)8(2)26-16-20-12(18)11(14(23)21-16)19-13(22)9-4-6-10(17)7-5-9/h4-8H,3H2,1-2H3,(H,19,22)(H3,18,20,21,23)/t8-/m1/s1. The van der Waals surface area contributed by atoms with Gasteiger partial charge in [0.05, 0.1) is 6.61 Å². The van der Waals surface area contributed by atoms with E-state index in [-0.39, 0.29) is 23.3 Å². The molecule has 0 spiro atoms. The van der Waals surface area contributed by atoms with Crippen LogP contribution in [0.3, 0.4) is 0 Å². The molecule has 4 N–H and O–H groups in total. The number of aromatic amines is 1. The molecule has 10 heteroatoms. The Kier molecular flexibility index (Phi) is 6.64. The summed E-state index contributed by atoms with van der Waals surface area (Å²) in [6.07, 6.45) is 0. The fourth-order valence-electron chi connectivity index (χ4n) is 1.91. The van der Waals surface area contributed by atoms with E-state index < -0.39 is 22.7 Å². The zero-order valence-electron chi connectivity index (χ0n) is 14.0. The van der Waals surface area contributed by atoms with Crippen LogP contribution in [0.1, 0.15) is 24.2 Å². The number of hydrogen-bond donors (Lipinski definition) is 3. The Bertz CT molecular complexity index is 870. The summed E-state index contributed by atoms with van der Waals surface area (Å²) >= 11 is 6.77. The molecule has 0 radical (unpaired) electrons. The zero-order chi connectivity index (χ0) is 19.3. The number of nitrogen functional groups attached to an aromatic ring is 1. The number of nitrogens with two attached hydrogens (primary N) is 1. The highest BCUT2D eigenvalue weighted by Gasteiger charge is 2.19. The number of nitrogens with zero attached hydrogens (tertiary/aromatic N) is 1. The van der Waals surface area contributed by atoms with Crippen molar-refractivity contribution in [2.75, 3.05) is 17.7 Å². The number of thioether (sulfide) groups is 1. The minimum Gasteiger partial charge on any atom is -0.465 e. The van der Waals surface area contributed by atoms with E-state index in [9.17, 15) is 14.4 Å². The molecule has 1 amide bonds. The summed E-state index contributed by atoms with van der Waals surface area (Å²) in [6, 6.07) is 6.14. The van der Waals surface area contributed by atoms with Crippen LogP contribution in [0.25, 0.3) is 0 Å². The molecule has 1 atom stereocenters. The Morgan fingerprint density at radius 3 is 2.62 bits per heavy atom. The molecule has 8 nitrogen and oxygen atoms in total. The molecule has 0 bridgehead atoms. The topological polar surface area (TPSA) is 127 Å². The summed E-state index contributed by atoms with van der Waals surface area (Å²) < 4.78 is 4.89. The van der Waals surface area contributed by atoms with Crippen molar-refractivity contribution in [3.05, 3.63) is 45.2 Å². The first-order chi connectivity index (χ1) is 12.3. The fraction of sp³-hybridized carbons (Fsp3) is 0.250. The molecule has 0 aliphatic rings. The molecule has 0 aliphatic carbocycles. The van der Waals surface area contributed by atoms with Gasteiger partial charge in [-0.2, -0.15) is 0 Å². The Labute approximate surface area is 158 Å². The molecule has 138 valence electrons. The van der Waals surface area contributed by atoms with Gasteiger partial charge in [0, 0.05) is 10.6 Å². The van der Waals surface area contributed by atoms with Crippen LogP contribution in [0, 0.1) is 0 Å². The van der Waals surface area contributed by atoms with E-state index in [2.05, 4.69) is 15.3 Å². The SMILES string of the molecule is CCOC(=O)[C@@H](C)Sc1nc(N)c(NC(=O)c2ccc(Cl)cc2)c(=O)[nH]1. The van der Waals surface area contributed by atoms with Gasteiger partial charge in [-0.05, 0) is 38.1 Å². The fourth-order valence-corrected chi connectivity index (χ4v) is 2.84. The number of H-pyrrole nitrogens is 1. The monoisotopic (exact) mass is 396 g/mol. The van der Waals surface area contributed by atoms with Crippen LogP contribution in [0.4, 0.5) is 11.5 Å². The van der Waals surface area contributed by atoms with Crippen molar-refractivity contribution < 1.29 is 14.3 Å². The van der Waals surface area contributed by atoms with Gasteiger partial charge in [-0.3, -0.25) is 19.4 Å². The minimum absolute atomic E-state index is 0.151. The molecule has 26 heavy (non-hydrogen) atoms. The van der Waals surface area contributed by atoms with Gasteiger partial charge in [0.15, 0.2) is 11.0 Å². The predicted molar refractivity (Wildman–Crippen MR) is 101 cm³/mol. The van der Waals surface area contributed by atoms with Gasteiger partial charge >= 0.3 is 5.97 Å². The number of ether oxygens (including phenoxy) is 1. The first-order valence-corrected chi connectivity index (χ1v) is 8.87. The molecule has 2 aromatic rings. The first kappa shape index (κ1) is 19.8. The number of rotatable bonds is 6. The number of halogens is 1. The second-order valence-corrected chi connectivity index (χ2v) is 6.87. The highest BCUT2D eigenvalue weighted by atomic mass is 35.5. The Morgan fingerprint density at radius 1 is 1.38 bits per heavy atom. The summed E-state index contributed by atoms with van der Waals surface area (Å²) in [5.74, 6) is -1.12. The Morgan fingerprint density at radius 2 is 2.04 bits per heavy atom. The predicted octanol–water partition coefficient (Wildman–Crippen LogP) is 2.30. The van der Waals surface area contributed by atoms with Crippen LogP contribution in [0.2, 0.25) is 5.02 Å². The summed E-state index contributed by atoms with van der Waals surface area (Å²) in [6.45, 7) is 3.58. The van der Waals surface area contributed by atoms with Gasteiger partial charge < -0.3 is 15.8 Å². The number of hydrogen-bond acceptors (Lipinski definition) is 7. The van der Waals surface area contributed by atoms with Crippen LogP contribution in [-0.4, -0.2) is 33.7 Å². The summed E-state index contributed by atoms with van der Waals surface area (Å²) in [7, 11) is 0. The number of carbonyl (C=O) groups excluding carboxylic acids is 2. The lowest BCUT2D eigenvalue weighted by atomic mass is 10.2. The van der Waals surface area contributed by atoms with Crippen molar-refractivity contribution in [1.29, 1.82) is 0 Å². The lowest BCUT2D eigenvalue weighted by Crippen LogP contribution is -2.24. The van der Waals surface area contributed by atoms with E-state index in [1.165, 1.54) is 12.1 Å². The molecule has 1 aromatic heterocycles. The highest BCUT2D eigenvalue weighted by Crippen LogP contribution is 2.22. The third-order valence-corrected chi connectivity index (χ3v) is 4.39. The third-order valence-electron chi connectivity index (χ3n) is 3.18. The average molecular weight is 397 g/mol. The van der Waals surface area contributed by atoms with Crippen LogP contribution in [0.5, 0.6) is 0 Å². The molecule has 0 saturated carbocycles. The quantitative estimate of drug-likeness (QED) is 0.388. The molecule has 2 rings (SSSR count). The largest absolute Gasteiger partial charge is 0.465 e. The second kappa shape index (κ2) is 8.72. The maximum atomic E-state index is 12.2. The van der Waals surface area contributed by atoms with E-state index in [1.54, 1.807) is 26.0 Å². The molecule has 0 saturated heterocycles. The number of carbonyl (C=O) groups is 2. The maximum Gasteiger partial charge on any atom is 0.319 e. The van der Waals surface area contributed by atoms with Crippen molar-refractivity contribution in [1.82, 2.24) is 9.97 Å². The van der Waals surface area contributed by atoms with Crippen LogP contribution >= 0.6 is 23.4 Å². The lowest BCUT2D eigenvalue weighted by molar-refractivity contribution is -0.142. The van der Waals surface area contributed by atoms with E-state index >= 15 is 0 Å². The number of esters is 1. The Hall–Kier alpha value is -2.52. The van der Waals surface area contributed by atoms with Gasteiger partial charge in [-0.25, -0.2) is 4.98 Å². The molecular weight excluding hydrogens is 380 g/mol. The number of amides is 1. The van der Waals surface area contributed by atoms with Gasteiger partial charge in [0.2, 0.25) is 0 Å². The molecular formula is C16H17ClN4O4S. The van der Waals surface area contributed by atoms with E-state index in [0.29, 0.717) is 10.6 Å². The summed E-state index contributed by atoms with van der Waals surface area (Å²) in [5, 5.41) is 2.48. The van der Waals surface area contributed by atoms with Crippen molar-refractivity contribution >= 4 is 46.7 Å². The van der Waals surface area contributed by atoms with Crippen LogP contribution < -0.4 is 16.6 Å². The molecule has 0 unspecified atom stereocenters. The number of benzene rings is 1. The normalized spacial score (nSPS) is 11.7. The van der Waals surface area contributed by atoms with Gasteiger partial charge in [-0.15, -0.1) is 0 Å². The summed E-state index contributed by atoms with van der Waals surface area (Å²) in [5.41, 5.74) is 5.30. The first-order valence-electron chi connectivity index (χ1n) is 7.61. The third kappa shape index (κ3) is 4.99. The van der Waals surface area contributed by atoms with Gasteiger partial charge in [0.1, 0.15) is 10.9 Å². The molecule has 1 aromatic carbocycles. The smallest absolute Gasteiger partial charge is 0.319 e. The molecule has 0 fully saturated rings.